The lowest BCUT2D eigenvalue weighted by atomic mass is 9.82. The van der Waals surface area contributed by atoms with Crippen molar-refractivity contribution in [3.63, 3.8) is 0 Å². The fourth-order valence-corrected chi connectivity index (χ4v) is 9.82. The Bertz CT molecular complexity index is 3160. The molecule has 1 aliphatic heterocycles. The van der Waals surface area contributed by atoms with Gasteiger partial charge in [-0.3, -0.25) is 0 Å². The molecule has 0 spiro atoms. The molecule has 1 atom stereocenters. The Morgan fingerprint density at radius 2 is 1.19 bits per heavy atom. The van der Waals surface area contributed by atoms with Gasteiger partial charge in [0.25, 0.3) is 0 Å². The lowest BCUT2D eigenvalue weighted by molar-refractivity contribution is 0.661. The number of allylic oxidation sites excluding steroid dienone is 1. The van der Waals surface area contributed by atoms with Crippen molar-refractivity contribution >= 4 is 67.6 Å². The molecule has 9 aromatic rings. The summed E-state index contributed by atoms with van der Waals surface area (Å²) in [7, 11) is 0. The van der Waals surface area contributed by atoms with Crippen LogP contribution < -0.4 is 21.7 Å². The van der Waals surface area contributed by atoms with Gasteiger partial charge in [0.15, 0.2) is 0 Å². The minimum atomic E-state index is -0.203. The number of nitrogen functional groups attached to an aromatic ring is 1. The summed E-state index contributed by atoms with van der Waals surface area (Å²) >= 11 is 0. The van der Waals surface area contributed by atoms with Gasteiger partial charge in [-0.1, -0.05) is 125 Å². The predicted octanol–water partition coefficient (Wildman–Crippen LogP) is 14.5. The molecule has 0 radical (unpaired) electrons. The van der Waals surface area contributed by atoms with Crippen molar-refractivity contribution in [1.82, 2.24) is 9.13 Å². The Morgan fingerprint density at radius 1 is 0.661 bits per heavy atom. The number of anilines is 4. The van der Waals surface area contributed by atoms with Crippen LogP contribution in [0.2, 0.25) is 0 Å². The fourth-order valence-electron chi connectivity index (χ4n) is 9.82. The molecule has 7 aromatic carbocycles. The van der Waals surface area contributed by atoms with E-state index in [1.54, 1.807) is 0 Å². The minimum Gasteiger partial charge on any atom is -0.397 e. The summed E-state index contributed by atoms with van der Waals surface area (Å²) in [5.41, 5.74) is 26.0. The zero-order chi connectivity index (χ0) is 42.7. The number of benzene rings is 7. The summed E-state index contributed by atoms with van der Waals surface area (Å²) in [4.78, 5) is 0. The SMILES string of the molecule is C=Cc1c(/C=C\C)n(-c2ccc(CNc3cc4c(cc3N)C(C)(C)c3cc5c(cc3-4)NC(c3ccc(-n4c6ccccc6c6ccccc64)cc3)N5)cc2)c2ccccc12.CC. The number of aromatic nitrogens is 2. The molecule has 5 N–H and O–H groups in total. The molecule has 3 heterocycles. The smallest absolute Gasteiger partial charge is 0.123 e. The van der Waals surface area contributed by atoms with Crippen molar-refractivity contribution < 1.29 is 0 Å². The van der Waals surface area contributed by atoms with Crippen LogP contribution in [0.1, 0.15) is 74.3 Å². The minimum absolute atomic E-state index is 0.0395. The van der Waals surface area contributed by atoms with E-state index in [4.69, 9.17) is 5.73 Å². The molecule has 2 aromatic heterocycles. The highest BCUT2D eigenvalue weighted by Crippen LogP contribution is 2.54. The van der Waals surface area contributed by atoms with Crippen LogP contribution in [0.4, 0.5) is 22.7 Å². The molecule has 6 heteroatoms. The monoisotopic (exact) mass is 808 g/mol. The lowest BCUT2D eigenvalue weighted by Gasteiger charge is -2.23. The van der Waals surface area contributed by atoms with E-state index in [2.05, 4.69) is 210 Å². The van der Waals surface area contributed by atoms with Crippen LogP contribution in [-0.4, -0.2) is 9.13 Å². The molecule has 1 unspecified atom stereocenters. The van der Waals surface area contributed by atoms with Crippen molar-refractivity contribution in [3.8, 4) is 22.5 Å². The lowest BCUT2D eigenvalue weighted by Crippen LogP contribution is -2.16. The Morgan fingerprint density at radius 3 is 1.82 bits per heavy atom. The standard InChI is InChI=1S/C54H46N6.C2H6/c1-5-13-49-37(6-2)38-14-7-10-17-50(38)59(49)35-24-20-33(21-25-35)32-56-46-28-41-42-29-47-48(31-44(42)54(3,4)43(41)30-45(46)55)58-53(57-47)34-22-26-36(27-23-34)60-51-18-11-8-15-39(51)40-16-9-12-19-52(40)60;1-2/h5-31,53,56-58H,2,32,55H2,1,3-4H3;1-2H3/b13-5-;. The van der Waals surface area contributed by atoms with E-state index in [1.165, 1.54) is 60.6 Å². The second-order valence-corrected chi connectivity index (χ2v) is 16.6. The predicted molar refractivity (Wildman–Crippen MR) is 266 cm³/mol. The zero-order valence-electron chi connectivity index (χ0n) is 36.1. The average molecular weight is 809 g/mol. The first-order valence-corrected chi connectivity index (χ1v) is 21.8. The van der Waals surface area contributed by atoms with E-state index in [0.29, 0.717) is 6.54 Å². The van der Waals surface area contributed by atoms with Crippen LogP contribution in [0.5, 0.6) is 0 Å². The highest BCUT2D eigenvalue weighted by atomic mass is 15.2. The second kappa shape index (κ2) is 15.2. The van der Waals surface area contributed by atoms with E-state index in [1.807, 2.05) is 19.9 Å². The molecule has 62 heavy (non-hydrogen) atoms. The molecular formula is C56H52N6. The average Bonchev–Trinajstić information content (AvgIpc) is 4.03. The van der Waals surface area contributed by atoms with Crippen LogP contribution in [0, 0.1) is 0 Å². The highest BCUT2D eigenvalue weighted by molar-refractivity contribution is 6.09. The molecule has 0 saturated heterocycles. The third-order valence-corrected chi connectivity index (χ3v) is 12.8. The summed E-state index contributed by atoms with van der Waals surface area (Å²) in [6, 6.07) is 52.6. The van der Waals surface area contributed by atoms with Gasteiger partial charge in [-0.15, -0.1) is 0 Å². The summed E-state index contributed by atoms with van der Waals surface area (Å²) in [6.07, 6.45) is 6.16. The Labute approximate surface area is 364 Å². The van der Waals surface area contributed by atoms with Gasteiger partial charge < -0.3 is 30.8 Å². The van der Waals surface area contributed by atoms with E-state index in [9.17, 15) is 0 Å². The van der Waals surface area contributed by atoms with Crippen LogP contribution in [-0.2, 0) is 12.0 Å². The number of fused-ring (bicyclic) bond motifs is 8. The second-order valence-electron chi connectivity index (χ2n) is 16.6. The molecule has 0 bridgehead atoms. The van der Waals surface area contributed by atoms with Crippen LogP contribution in [0.3, 0.4) is 0 Å². The number of nitrogens with two attached hydrogens (primary N) is 1. The van der Waals surface area contributed by atoms with E-state index >= 15 is 0 Å². The van der Waals surface area contributed by atoms with Crippen molar-refractivity contribution in [2.75, 3.05) is 21.7 Å². The number of hydrogen-bond acceptors (Lipinski definition) is 4. The molecule has 0 amide bonds. The maximum atomic E-state index is 6.80. The van der Waals surface area contributed by atoms with Gasteiger partial charge in [0.1, 0.15) is 6.17 Å². The van der Waals surface area contributed by atoms with Gasteiger partial charge in [-0.05, 0) is 113 Å². The van der Waals surface area contributed by atoms with Crippen molar-refractivity contribution in [2.24, 2.45) is 0 Å². The highest BCUT2D eigenvalue weighted by Gasteiger charge is 2.38. The normalized spacial score (nSPS) is 14.6. The summed E-state index contributed by atoms with van der Waals surface area (Å²) in [5.74, 6) is 0. The fraction of sp³-hybridized carbons (Fsp3) is 0.143. The third kappa shape index (κ3) is 6.08. The van der Waals surface area contributed by atoms with Gasteiger partial charge in [-0.25, -0.2) is 0 Å². The van der Waals surface area contributed by atoms with Gasteiger partial charge in [0.05, 0.1) is 45.0 Å². The molecule has 0 fully saturated rings. The topological polar surface area (TPSA) is 72.0 Å². The molecule has 306 valence electrons. The van der Waals surface area contributed by atoms with Crippen LogP contribution in [0.15, 0.2) is 158 Å². The number of hydrogen-bond donors (Lipinski definition) is 4. The van der Waals surface area contributed by atoms with E-state index in [-0.39, 0.29) is 11.6 Å². The van der Waals surface area contributed by atoms with Gasteiger partial charge in [-0.2, -0.15) is 0 Å². The molecule has 1 aliphatic carbocycles. The number of rotatable bonds is 8. The molecule has 2 aliphatic rings. The van der Waals surface area contributed by atoms with Crippen LogP contribution in [0.25, 0.3) is 67.4 Å². The number of para-hydroxylation sites is 3. The summed E-state index contributed by atoms with van der Waals surface area (Å²) < 4.78 is 4.68. The Hall–Kier alpha value is -7.44. The maximum absolute atomic E-state index is 6.80. The Balaban J connectivity index is 0.00000226. The first-order chi connectivity index (χ1) is 30.3. The molecule has 6 nitrogen and oxygen atoms in total. The largest absolute Gasteiger partial charge is 0.397 e. The van der Waals surface area contributed by atoms with Gasteiger partial charge >= 0.3 is 0 Å². The molecule has 0 saturated carbocycles. The van der Waals surface area contributed by atoms with Gasteiger partial charge in [0.2, 0.25) is 0 Å². The molecule has 11 rings (SSSR count). The maximum Gasteiger partial charge on any atom is 0.123 e. The first kappa shape index (κ1) is 38.7. The van der Waals surface area contributed by atoms with E-state index < -0.39 is 0 Å². The molecular weight excluding hydrogens is 757 g/mol. The summed E-state index contributed by atoms with van der Waals surface area (Å²) in [6.45, 7) is 15.4. The first-order valence-electron chi connectivity index (χ1n) is 21.8. The Kier molecular flexibility index (Phi) is 9.52. The zero-order valence-corrected chi connectivity index (χ0v) is 36.1. The van der Waals surface area contributed by atoms with Gasteiger partial charge in [0, 0.05) is 45.1 Å². The number of nitrogens with zero attached hydrogens (tertiary/aromatic N) is 2. The van der Waals surface area contributed by atoms with Crippen molar-refractivity contribution in [1.29, 1.82) is 0 Å². The van der Waals surface area contributed by atoms with Crippen LogP contribution >= 0.6 is 0 Å². The number of nitrogens with one attached hydrogen (secondary N) is 3. The third-order valence-electron chi connectivity index (χ3n) is 12.8. The van der Waals surface area contributed by atoms with Crippen molar-refractivity contribution in [3.05, 3.63) is 192 Å². The summed E-state index contributed by atoms with van der Waals surface area (Å²) in [5, 5.41) is 15.0. The quantitative estimate of drug-likeness (QED) is 0.115. The van der Waals surface area contributed by atoms with E-state index in [0.717, 1.165) is 50.9 Å². The van der Waals surface area contributed by atoms with Crippen molar-refractivity contribution in [2.45, 2.75) is 52.7 Å².